The largest absolute Gasteiger partial charge is 3.00 e. The van der Waals surface area contributed by atoms with Crippen LogP contribution in [0.1, 0.15) is 83.1 Å². The van der Waals surface area contributed by atoms with Crippen molar-refractivity contribution in [2.24, 2.45) is 0 Å². The zero-order valence-electron chi connectivity index (χ0n) is 23.1. The minimum atomic E-state index is 0. The maximum Gasteiger partial charge on any atom is 3.00 e. The molecule has 0 saturated heterocycles. The molecule has 0 fully saturated rings. The number of hydrogen-bond acceptors (Lipinski definition) is 0. The summed E-state index contributed by atoms with van der Waals surface area (Å²) in [6.07, 6.45) is 0. The van der Waals surface area contributed by atoms with Crippen molar-refractivity contribution in [3.63, 3.8) is 0 Å². The second kappa shape index (κ2) is 28.3. The topological polar surface area (TPSA) is 42.3 Å². The van der Waals surface area contributed by atoms with Gasteiger partial charge in [0.25, 0.3) is 0 Å². The first-order chi connectivity index (χ1) is 14.4. The van der Waals surface area contributed by atoms with Crippen LogP contribution in [0.2, 0.25) is 0 Å². The molecule has 0 saturated carbocycles. The standard InChI is InChI=1S/3C6H14N.2C5H5.Ti/c3*1-5(2)7-6(3)4;2*1-2-4-5-3-1;/h3*5-6H,1-4H3;2*1-5H;/q5*-1;+3. The van der Waals surface area contributed by atoms with Crippen LogP contribution < -0.4 is 0 Å². The van der Waals surface area contributed by atoms with E-state index in [1.807, 2.05) is 60.7 Å². The van der Waals surface area contributed by atoms with Gasteiger partial charge in [0.2, 0.25) is 0 Å². The van der Waals surface area contributed by atoms with E-state index in [2.05, 4.69) is 99.0 Å². The molecule has 0 atom stereocenters. The van der Waals surface area contributed by atoms with Crippen LogP contribution >= 0.6 is 0 Å². The molecule has 0 unspecified atom stereocenters. The molecule has 2 aromatic rings. The Morgan fingerprint density at radius 2 is 0.531 bits per heavy atom. The van der Waals surface area contributed by atoms with Gasteiger partial charge in [0.15, 0.2) is 0 Å². The Kier molecular flexibility index (Phi) is 34.1. The Bertz CT molecular complexity index is 375. The third-order valence-electron chi connectivity index (χ3n) is 2.90. The average Bonchev–Trinajstić information content (AvgIpc) is 3.32. The number of rotatable bonds is 6. The van der Waals surface area contributed by atoms with Gasteiger partial charge in [-0.15, -0.1) is 36.3 Å². The van der Waals surface area contributed by atoms with E-state index in [0.29, 0.717) is 36.3 Å². The normalized spacial score (nSPS) is 9.81. The van der Waals surface area contributed by atoms with Crippen LogP contribution in [0.5, 0.6) is 0 Å². The monoisotopic (exact) mass is 478 g/mol. The molecule has 4 heteroatoms. The van der Waals surface area contributed by atoms with Crippen LogP contribution in [0, 0.1) is 0 Å². The van der Waals surface area contributed by atoms with Crippen molar-refractivity contribution in [2.45, 2.75) is 119 Å². The average molecular weight is 479 g/mol. The fraction of sp³-hybridized carbons (Fsp3) is 0.643. The first-order valence-corrected chi connectivity index (χ1v) is 11.8. The fourth-order valence-electron chi connectivity index (χ4n) is 2.43. The summed E-state index contributed by atoms with van der Waals surface area (Å²) in [5, 5.41) is 12.8. The SMILES string of the molecule is CC(C)[N-]C(C)C.CC(C)[N-]C(C)C.CC(C)[N-]C(C)C.[Ti+3].c1cc[cH-]c1.c1cc[cH-]c1. The Hall–Kier alpha value is -0.706. The summed E-state index contributed by atoms with van der Waals surface area (Å²) in [5.74, 6) is 0. The van der Waals surface area contributed by atoms with Crippen molar-refractivity contribution < 1.29 is 21.7 Å². The quantitative estimate of drug-likeness (QED) is 0.293. The molecule has 0 N–H and O–H groups in total. The Morgan fingerprint density at radius 1 is 0.375 bits per heavy atom. The minimum Gasteiger partial charge on any atom is -0.658 e. The van der Waals surface area contributed by atoms with Crippen LogP contribution in [-0.2, 0) is 21.7 Å². The van der Waals surface area contributed by atoms with Gasteiger partial charge in [-0.05, 0) is 0 Å². The molecule has 0 aliphatic heterocycles. The number of hydrogen-bond donors (Lipinski definition) is 0. The summed E-state index contributed by atoms with van der Waals surface area (Å²) in [4.78, 5) is 0. The molecule has 2 rings (SSSR count). The molecular weight excluding hydrogens is 426 g/mol. The van der Waals surface area contributed by atoms with E-state index in [1.54, 1.807) is 0 Å². The maximum atomic E-state index is 4.28. The second-order valence-corrected chi connectivity index (χ2v) is 8.93. The molecule has 0 heterocycles. The van der Waals surface area contributed by atoms with Crippen LogP contribution in [0.3, 0.4) is 0 Å². The van der Waals surface area contributed by atoms with Crippen LogP contribution in [0.15, 0.2) is 60.7 Å². The van der Waals surface area contributed by atoms with Crippen molar-refractivity contribution in [3.05, 3.63) is 76.6 Å². The summed E-state index contributed by atoms with van der Waals surface area (Å²) in [6.45, 7) is 25.2. The van der Waals surface area contributed by atoms with Crippen LogP contribution in [0.4, 0.5) is 0 Å². The van der Waals surface area contributed by atoms with Crippen molar-refractivity contribution in [2.75, 3.05) is 0 Å². The van der Waals surface area contributed by atoms with E-state index in [4.69, 9.17) is 0 Å². The third kappa shape index (κ3) is 51.7. The van der Waals surface area contributed by atoms with Crippen LogP contribution in [-0.4, -0.2) is 36.3 Å². The number of nitrogens with zero attached hydrogens (tertiary/aromatic N) is 3. The zero-order valence-corrected chi connectivity index (χ0v) is 24.6. The summed E-state index contributed by atoms with van der Waals surface area (Å²) in [5.41, 5.74) is 0. The summed E-state index contributed by atoms with van der Waals surface area (Å²) < 4.78 is 0. The predicted molar refractivity (Wildman–Crippen MR) is 145 cm³/mol. The van der Waals surface area contributed by atoms with Crippen molar-refractivity contribution >= 4 is 0 Å². The summed E-state index contributed by atoms with van der Waals surface area (Å²) >= 11 is 0. The first kappa shape index (κ1) is 38.6. The van der Waals surface area contributed by atoms with Gasteiger partial charge < -0.3 is 16.0 Å². The molecule has 0 aliphatic carbocycles. The van der Waals surface area contributed by atoms with E-state index >= 15 is 0 Å². The fourth-order valence-corrected chi connectivity index (χ4v) is 2.43. The van der Waals surface area contributed by atoms with Crippen LogP contribution in [0.25, 0.3) is 16.0 Å². The minimum absolute atomic E-state index is 0. The zero-order chi connectivity index (χ0) is 24.7. The van der Waals surface area contributed by atoms with E-state index in [1.165, 1.54) is 0 Å². The van der Waals surface area contributed by atoms with Crippen molar-refractivity contribution in [1.29, 1.82) is 0 Å². The van der Waals surface area contributed by atoms with E-state index < -0.39 is 0 Å². The molecule has 2 aromatic carbocycles. The summed E-state index contributed by atoms with van der Waals surface area (Å²) in [7, 11) is 0. The van der Waals surface area contributed by atoms with Gasteiger partial charge in [-0.1, -0.05) is 83.1 Å². The molecule has 32 heavy (non-hydrogen) atoms. The van der Waals surface area contributed by atoms with Gasteiger partial charge in [-0.2, -0.15) is 36.4 Å². The molecule has 0 bridgehead atoms. The van der Waals surface area contributed by atoms with Gasteiger partial charge in [0, 0.05) is 0 Å². The van der Waals surface area contributed by atoms with Gasteiger partial charge in [0.05, 0.1) is 0 Å². The van der Waals surface area contributed by atoms with E-state index in [9.17, 15) is 0 Å². The van der Waals surface area contributed by atoms with Gasteiger partial charge in [-0.25, -0.2) is 24.3 Å². The molecule has 185 valence electrons. The van der Waals surface area contributed by atoms with Crippen molar-refractivity contribution in [3.8, 4) is 0 Å². The maximum absolute atomic E-state index is 4.28. The summed E-state index contributed by atoms with van der Waals surface area (Å²) in [6, 6.07) is 23.0. The third-order valence-corrected chi connectivity index (χ3v) is 2.90. The first-order valence-electron chi connectivity index (χ1n) is 11.8. The van der Waals surface area contributed by atoms with Gasteiger partial charge >= 0.3 is 21.7 Å². The molecule has 0 aromatic heterocycles. The molecule has 0 aliphatic rings. The predicted octanol–water partition coefficient (Wildman–Crippen LogP) is 9.34. The Morgan fingerprint density at radius 3 is 0.562 bits per heavy atom. The smallest absolute Gasteiger partial charge is 0.658 e. The second-order valence-electron chi connectivity index (χ2n) is 8.93. The molecule has 3 nitrogen and oxygen atoms in total. The molecule has 0 amide bonds. The Balaban J connectivity index is -0.000000153. The van der Waals surface area contributed by atoms with E-state index in [0.717, 1.165) is 0 Å². The molecular formula is C28H52N3Ti-2. The molecule has 0 spiro atoms. The molecule has 1 radical (unpaired) electrons. The Labute approximate surface area is 217 Å². The van der Waals surface area contributed by atoms with Gasteiger partial charge in [-0.3, -0.25) is 0 Å². The van der Waals surface area contributed by atoms with E-state index in [-0.39, 0.29) is 21.7 Å². The van der Waals surface area contributed by atoms with Crippen molar-refractivity contribution in [1.82, 2.24) is 0 Å². The van der Waals surface area contributed by atoms with Gasteiger partial charge in [0.1, 0.15) is 0 Å².